The summed E-state index contributed by atoms with van der Waals surface area (Å²) in [5.74, 6) is 0.529. The molecule has 0 aliphatic rings. The van der Waals surface area contributed by atoms with Gasteiger partial charge in [-0.1, -0.05) is 0 Å². The molecule has 0 bridgehead atoms. The molecule has 1 heterocycles. The van der Waals surface area contributed by atoms with E-state index in [9.17, 15) is 4.79 Å². The van der Waals surface area contributed by atoms with E-state index >= 15 is 0 Å². The lowest BCUT2D eigenvalue weighted by Gasteiger charge is -2.05. The normalized spacial score (nSPS) is 10.4. The molecule has 0 aliphatic carbocycles. The van der Waals surface area contributed by atoms with Crippen LogP contribution in [0.3, 0.4) is 0 Å². The number of hydrogen-bond acceptors (Lipinski definition) is 4. The van der Waals surface area contributed by atoms with Crippen molar-refractivity contribution in [3.63, 3.8) is 0 Å². The average molecular weight is 321 g/mol. The van der Waals surface area contributed by atoms with Crippen molar-refractivity contribution >= 4 is 33.2 Å². The van der Waals surface area contributed by atoms with E-state index < -0.39 is 0 Å². The van der Waals surface area contributed by atoms with Crippen molar-refractivity contribution in [3.8, 4) is 5.75 Å². The fourth-order valence-electron chi connectivity index (χ4n) is 1.39. The molecule has 17 heavy (non-hydrogen) atoms. The molecule has 96 valence electrons. The Labute approximate surface area is 114 Å². The van der Waals surface area contributed by atoms with E-state index in [0.717, 1.165) is 22.2 Å². The molecule has 1 amide bonds. The minimum absolute atomic E-state index is 0.0855. The summed E-state index contributed by atoms with van der Waals surface area (Å²) in [6.45, 7) is 3.25. The number of methoxy groups -OCH3 is 1. The standard InChI is InChI=1S/C11H17BrN2O2S/c1-7-8(12)9(16-2)10(17-7)11(15)14-6-4-3-5-13/h3-6,13H2,1-2H3,(H,14,15). The van der Waals surface area contributed by atoms with Gasteiger partial charge in [0.2, 0.25) is 0 Å². The van der Waals surface area contributed by atoms with Gasteiger partial charge >= 0.3 is 0 Å². The SMILES string of the molecule is COc1c(C(=O)NCCCCN)sc(C)c1Br. The van der Waals surface area contributed by atoms with Crippen LogP contribution in [-0.2, 0) is 0 Å². The second-order valence-corrected chi connectivity index (χ2v) is 5.60. The van der Waals surface area contributed by atoms with Crippen LogP contribution in [0.1, 0.15) is 27.4 Å². The minimum atomic E-state index is -0.0855. The molecule has 0 spiro atoms. The first-order valence-electron chi connectivity index (χ1n) is 5.43. The first kappa shape index (κ1) is 14.5. The molecule has 6 heteroatoms. The van der Waals surface area contributed by atoms with Crippen LogP contribution in [0, 0.1) is 6.92 Å². The van der Waals surface area contributed by atoms with Crippen LogP contribution in [0.15, 0.2) is 4.47 Å². The smallest absolute Gasteiger partial charge is 0.265 e. The Morgan fingerprint density at radius 1 is 1.53 bits per heavy atom. The van der Waals surface area contributed by atoms with E-state index in [4.69, 9.17) is 10.5 Å². The van der Waals surface area contributed by atoms with Crippen LogP contribution in [0.2, 0.25) is 0 Å². The summed E-state index contributed by atoms with van der Waals surface area (Å²) >= 11 is 4.84. The molecular formula is C11H17BrN2O2S. The van der Waals surface area contributed by atoms with E-state index in [0.29, 0.717) is 23.7 Å². The van der Waals surface area contributed by atoms with Crippen LogP contribution >= 0.6 is 27.3 Å². The van der Waals surface area contributed by atoms with Gasteiger partial charge in [-0.3, -0.25) is 4.79 Å². The van der Waals surface area contributed by atoms with Crippen LogP contribution in [-0.4, -0.2) is 26.1 Å². The maximum atomic E-state index is 11.9. The zero-order valence-electron chi connectivity index (χ0n) is 10.0. The zero-order chi connectivity index (χ0) is 12.8. The van der Waals surface area contributed by atoms with Crippen LogP contribution in [0.5, 0.6) is 5.75 Å². The Kier molecular flexibility index (Phi) is 5.94. The van der Waals surface area contributed by atoms with Gasteiger partial charge in [-0.25, -0.2) is 0 Å². The van der Waals surface area contributed by atoms with Gasteiger partial charge in [0.15, 0.2) is 5.75 Å². The number of amides is 1. The number of hydrogen-bond donors (Lipinski definition) is 2. The zero-order valence-corrected chi connectivity index (χ0v) is 12.4. The molecule has 0 unspecified atom stereocenters. The molecule has 3 N–H and O–H groups in total. The van der Waals surface area contributed by atoms with Gasteiger partial charge in [-0.05, 0) is 42.2 Å². The monoisotopic (exact) mass is 320 g/mol. The molecule has 0 radical (unpaired) electrons. The number of unbranched alkanes of at least 4 members (excludes halogenated alkanes) is 1. The van der Waals surface area contributed by atoms with Crippen LogP contribution < -0.4 is 15.8 Å². The Morgan fingerprint density at radius 2 is 2.24 bits per heavy atom. The molecule has 1 aromatic heterocycles. The summed E-state index contributed by atoms with van der Waals surface area (Å²) in [4.78, 5) is 13.6. The second kappa shape index (κ2) is 6.98. The highest BCUT2D eigenvalue weighted by Gasteiger charge is 2.20. The van der Waals surface area contributed by atoms with Crippen molar-refractivity contribution in [2.24, 2.45) is 5.73 Å². The average Bonchev–Trinajstić information content (AvgIpc) is 2.61. The molecule has 1 rings (SSSR count). The van der Waals surface area contributed by atoms with Crippen LogP contribution in [0.25, 0.3) is 0 Å². The maximum absolute atomic E-state index is 11.9. The quantitative estimate of drug-likeness (QED) is 0.790. The van der Waals surface area contributed by atoms with Gasteiger partial charge in [0.1, 0.15) is 4.88 Å². The molecule has 0 fully saturated rings. The van der Waals surface area contributed by atoms with E-state index in [1.165, 1.54) is 11.3 Å². The van der Waals surface area contributed by atoms with E-state index in [-0.39, 0.29) is 5.91 Å². The Bertz CT molecular complexity index is 393. The number of halogens is 1. The first-order chi connectivity index (χ1) is 8.11. The molecule has 0 aromatic carbocycles. The largest absolute Gasteiger partial charge is 0.494 e. The summed E-state index contributed by atoms with van der Waals surface area (Å²) in [5, 5.41) is 2.86. The number of nitrogens with two attached hydrogens (primary N) is 1. The number of rotatable bonds is 6. The van der Waals surface area contributed by atoms with Crippen LogP contribution in [0.4, 0.5) is 0 Å². The highest BCUT2D eigenvalue weighted by molar-refractivity contribution is 9.10. The Morgan fingerprint density at radius 3 is 2.82 bits per heavy atom. The molecular weight excluding hydrogens is 304 g/mol. The summed E-state index contributed by atoms with van der Waals surface area (Å²) in [7, 11) is 1.57. The third kappa shape index (κ3) is 3.69. The summed E-state index contributed by atoms with van der Waals surface area (Å²) < 4.78 is 6.09. The molecule has 0 saturated carbocycles. The molecule has 4 nitrogen and oxygen atoms in total. The van der Waals surface area contributed by atoms with Gasteiger partial charge in [-0.15, -0.1) is 11.3 Å². The van der Waals surface area contributed by atoms with Gasteiger partial charge < -0.3 is 15.8 Å². The molecule has 0 aliphatic heterocycles. The number of carbonyl (C=O) groups is 1. The van der Waals surface area contributed by atoms with Crippen molar-refractivity contribution in [1.82, 2.24) is 5.32 Å². The number of ether oxygens (including phenoxy) is 1. The highest BCUT2D eigenvalue weighted by atomic mass is 79.9. The third-order valence-electron chi connectivity index (χ3n) is 2.30. The van der Waals surface area contributed by atoms with Gasteiger partial charge in [-0.2, -0.15) is 0 Å². The number of aryl methyl sites for hydroxylation is 1. The fraction of sp³-hybridized carbons (Fsp3) is 0.545. The van der Waals surface area contributed by atoms with Gasteiger partial charge in [0.05, 0.1) is 11.6 Å². The lowest BCUT2D eigenvalue weighted by Crippen LogP contribution is -2.24. The van der Waals surface area contributed by atoms with Gasteiger partial charge in [0, 0.05) is 11.4 Å². The van der Waals surface area contributed by atoms with E-state index in [2.05, 4.69) is 21.2 Å². The minimum Gasteiger partial charge on any atom is -0.494 e. The third-order valence-corrected chi connectivity index (χ3v) is 4.60. The van der Waals surface area contributed by atoms with Crippen molar-refractivity contribution in [2.75, 3.05) is 20.2 Å². The van der Waals surface area contributed by atoms with E-state index in [1.807, 2.05) is 6.92 Å². The summed E-state index contributed by atoms with van der Waals surface area (Å²) in [6.07, 6.45) is 1.82. The number of carbonyl (C=O) groups excluding carboxylic acids is 1. The van der Waals surface area contributed by atoms with E-state index in [1.54, 1.807) is 7.11 Å². The lowest BCUT2D eigenvalue weighted by atomic mass is 10.3. The number of nitrogens with one attached hydrogen (secondary N) is 1. The fourth-order valence-corrected chi connectivity index (χ4v) is 3.05. The molecule has 0 atom stereocenters. The summed E-state index contributed by atoms with van der Waals surface area (Å²) in [5.41, 5.74) is 5.39. The van der Waals surface area contributed by atoms with Crippen molar-refractivity contribution in [3.05, 3.63) is 14.2 Å². The predicted octanol–water partition coefficient (Wildman–Crippen LogP) is 2.30. The Hall–Kier alpha value is -0.590. The molecule has 1 aromatic rings. The topological polar surface area (TPSA) is 64.3 Å². The van der Waals surface area contributed by atoms with Crippen molar-refractivity contribution in [1.29, 1.82) is 0 Å². The molecule has 0 saturated heterocycles. The summed E-state index contributed by atoms with van der Waals surface area (Å²) in [6, 6.07) is 0. The second-order valence-electron chi connectivity index (χ2n) is 3.59. The Balaban J connectivity index is 2.65. The highest BCUT2D eigenvalue weighted by Crippen LogP contribution is 2.38. The predicted molar refractivity (Wildman–Crippen MR) is 73.9 cm³/mol. The lowest BCUT2D eigenvalue weighted by molar-refractivity contribution is 0.0954. The van der Waals surface area contributed by atoms with Crippen molar-refractivity contribution < 1.29 is 9.53 Å². The van der Waals surface area contributed by atoms with Gasteiger partial charge in [0.25, 0.3) is 5.91 Å². The first-order valence-corrected chi connectivity index (χ1v) is 7.04. The number of thiophene rings is 1. The maximum Gasteiger partial charge on any atom is 0.265 e. The van der Waals surface area contributed by atoms with Crippen molar-refractivity contribution in [2.45, 2.75) is 19.8 Å².